The monoisotopic (exact) mass is 264 g/mol. The second-order valence-electron chi connectivity index (χ2n) is 3.72. The van der Waals surface area contributed by atoms with E-state index in [0.717, 1.165) is 15.5 Å². The number of hydrogen-bond donors (Lipinski definition) is 1. The fraction of sp³-hybridized carbons (Fsp3) is 0.154. The molecule has 1 atom stereocenters. The summed E-state index contributed by atoms with van der Waals surface area (Å²) in [6, 6.07) is 11.7. The van der Waals surface area contributed by atoms with Gasteiger partial charge in [-0.1, -0.05) is 41.6 Å². The summed E-state index contributed by atoms with van der Waals surface area (Å²) in [4.78, 5) is 5.36. The summed E-state index contributed by atoms with van der Waals surface area (Å²) in [6.07, 6.45) is 1.74. The van der Waals surface area contributed by atoms with Gasteiger partial charge in [0.15, 0.2) is 0 Å². The zero-order chi connectivity index (χ0) is 12.3. The zero-order valence-corrected chi connectivity index (χ0v) is 11.0. The summed E-state index contributed by atoms with van der Waals surface area (Å²) < 4.78 is 0. The molecule has 0 saturated heterocycles. The molecule has 1 heterocycles. The first kappa shape index (κ1) is 12.4. The molecular formula is C13H13ClN2S. The van der Waals surface area contributed by atoms with Crippen molar-refractivity contribution in [2.24, 2.45) is 5.73 Å². The Morgan fingerprint density at radius 2 is 2.00 bits per heavy atom. The largest absolute Gasteiger partial charge is 0.324 e. The number of aromatic nitrogens is 1. The Bertz CT molecular complexity index is 514. The predicted molar refractivity (Wildman–Crippen MR) is 72.4 cm³/mol. The van der Waals surface area contributed by atoms with Gasteiger partial charge in [0.25, 0.3) is 0 Å². The fourth-order valence-corrected chi connectivity index (χ4v) is 2.74. The highest BCUT2D eigenvalue weighted by Crippen LogP contribution is 2.34. The number of hydrogen-bond acceptors (Lipinski definition) is 3. The van der Waals surface area contributed by atoms with E-state index in [9.17, 15) is 0 Å². The maximum Gasteiger partial charge on any atom is 0.119 e. The first-order chi connectivity index (χ1) is 8.18. The SMILES string of the molecule is C[C@H](N)c1ccccc1Sc1ncccc1Cl. The molecule has 2 N–H and O–H groups in total. The minimum Gasteiger partial charge on any atom is -0.324 e. The van der Waals surface area contributed by atoms with Crippen LogP contribution in [0.2, 0.25) is 5.02 Å². The molecule has 1 aromatic carbocycles. The molecule has 1 aromatic heterocycles. The molecule has 0 spiro atoms. The highest BCUT2D eigenvalue weighted by Gasteiger charge is 2.09. The Morgan fingerprint density at radius 3 is 2.71 bits per heavy atom. The highest BCUT2D eigenvalue weighted by molar-refractivity contribution is 7.99. The Morgan fingerprint density at radius 1 is 1.24 bits per heavy atom. The van der Waals surface area contributed by atoms with E-state index in [1.165, 1.54) is 0 Å². The predicted octanol–water partition coefficient (Wildman–Crippen LogP) is 3.91. The van der Waals surface area contributed by atoms with Gasteiger partial charge in [-0.05, 0) is 30.7 Å². The number of nitrogens with two attached hydrogens (primary N) is 1. The maximum atomic E-state index is 6.09. The molecule has 17 heavy (non-hydrogen) atoms. The van der Waals surface area contributed by atoms with E-state index in [2.05, 4.69) is 4.98 Å². The molecule has 2 nitrogen and oxygen atoms in total. The summed E-state index contributed by atoms with van der Waals surface area (Å²) >= 11 is 7.64. The third-order valence-corrected chi connectivity index (χ3v) is 3.87. The van der Waals surface area contributed by atoms with Gasteiger partial charge in [0.1, 0.15) is 5.03 Å². The van der Waals surface area contributed by atoms with Crippen LogP contribution in [0.1, 0.15) is 18.5 Å². The van der Waals surface area contributed by atoms with E-state index in [1.807, 2.05) is 43.3 Å². The molecule has 0 saturated carbocycles. The Balaban J connectivity index is 2.34. The molecule has 0 aliphatic heterocycles. The van der Waals surface area contributed by atoms with Crippen molar-refractivity contribution in [1.29, 1.82) is 0 Å². The zero-order valence-electron chi connectivity index (χ0n) is 9.43. The molecule has 0 fully saturated rings. The second-order valence-corrected chi connectivity index (χ2v) is 5.16. The molecule has 0 amide bonds. The van der Waals surface area contributed by atoms with E-state index >= 15 is 0 Å². The normalized spacial score (nSPS) is 12.4. The number of nitrogens with zero attached hydrogens (tertiary/aromatic N) is 1. The van der Waals surface area contributed by atoms with Gasteiger partial charge in [-0.15, -0.1) is 0 Å². The van der Waals surface area contributed by atoms with Gasteiger partial charge < -0.3 is 5.73 Å². The topological polar surface area (TPSA) is 38.9 Å². The fourth-order valence-electron chi connectivity index (χ4n) is 1.50. The van der Waals surface area contributed by atoms with Crippen LogP contribution in [0.3, 0.4) is 0 Å². The lowest BCUT2D eigenvalue weighted by Gasteiger charge is -2.11. The van der Waals surface area contributed by atoms with Crippen LogP contribution < -0.4 is 5.73 Å². The van der Waals surface area contributed by atoms with Crippen LogP contribution in [-0.4, -0.2) is 4.98 Å². The van der Waals surface area contributed by atoms with Crippen LogP contribution in [0.4, 0.5) is 0 Å². The van der Waals surface area contributed by atoms with Gasteiger partial charge in [0.2, 0.25) is 0 Å². The summed E-state index contributed by atoms with van der Waals surface area (Å²) in [6.45, 7) is 1.97. The van der Waals surface area contributed by atoms with Gasteiger partial charge in [-0.25, -0.2) is 4.98 Å². The van der Waals surface area contributed by atoms with Crippen molar-refractivity contribution < 1.29 is 0 Å². The summed E-state index contributed by atoms with van der Waals surface area (Å²) in [5, 5.41) is 1.47. The lowest BCUT2D eigenvalue weighted by molar-refractivity contribution is 0.797. The van der Waals surface area contributed by atoms with Crippen LogP contribution in [-0.2, 0) is 0 Å². The molecule has 0 radical (unpaired) electrons. The Hall–Kier alpha value is -1.03. The molecule has 0 unspecified atom stereocenters. The molecule has 4 heteroatoms. The number of halogens is 1. The van der Waals surface area contributed by atoms with E-state index in [0.29, 0.717) is 5.02 Å². The van der Waals surface area contributed by atoms with Crippen molar-refractivity contribution >= 4 is 23.4 Å². The first-order valence-electron chi connectivity index (χ1n) is 5.31. The van der Waals surface area contributed by atoms with E-state index < -0.39 is 0 Å². The van der Waals surface area contributed by atoms with Crippen molar-refractivity contribution in [3.8, 4) is 0 Å². The van der Waals surface area contributed by atoms with Gasteiger partial charge >= 0.3 is 0 Å². The standard InChI is InChI=1S/C13H13ClN2S/c1-9(15)10-5-2-3-7-12(10)17-13-11(14)6-4-8-16-13/h2-9H,15H2,1H3/t9-/m0/s1. The minimum atomic E-state index is 0.00110. The van der Waals surface area contributed by atoms with Crippen LogP contribution in [0.25, 0.3) is 0 Å². The van der Waals surface area contributed by atoms with Crippen LogP contribution in [0, 0.1) is 0 Å². The van der Waals surface area contributed by atoms with Gasteiger partial charge in [0.05, 0.1) is 5.02 Å². The smallest absolute Gasteiger partial charge is 0.119 e. The number of rotatable bonds is 3. The summed E-state index contributed by atoms with van der Waals surface area (Å²) in [5.41, 5.74) is 7.05. The lowest BCUT2D eigenvalue weighted by Crippen LogP contribution is -2.06. The van der Waals surface area contributed by atoms with Crippen molar-refractivity contribution in [2.45, 2.75) is 22.9 Å². The van der Waals surface area contributed by atoms with Crippen molar-refractivity contribution in [3.05, 3.63) is 53.2 Å². The Kier molecular flexibility index (Phi) is 4.05. The average Bonchev–Trinajstić information content (AvgIpc) is 2.32. The van der Waals surface area contributed by atoms with E-state index in [1.54, 1.807) is 18.0 Å². The first-order valence-corrected chi connectivity index (χ1v) is 6.51. The number of pyridine rings is 1. The lowest BCUT2D eigenvalue weighted by atomic mass is 10.1. The molecule has 0 aliphatic carbocycles. The summed E-state index contributed by atoms with van der Waals surface area (Å²) in [5.74, 6) is 0. The number of benzene rings is 1. The van der Waals surface area contributed by atoms with Crippen LogP contribution >= 0.6 is 23.4 Å². The van der Waals surface area contributed by atoms with E-state index in [4.69, 9.17) is 17.3 Å². The van der Waals surface area contributed by atoms with E-state index in [-0.39, 0.29) is 6.04 Å². The highest BCUT2D eigenvalue weighted by atomic mass is 35.5. The minimum absolute atomic E-state index is 0.00110. The molecule has 2 aromatic rings. The van der Waals surface area contributed by atoms with Crippen molar-refractivity contribution in [3.63, 3.8) is 0 Å². The molecule has 0 bridgehead atoms. The van der Waals surface area contributed by atoms with Gasteiger partial charge in [0, 0.05) is 17.1 Å². The molecule has 0 aliphatic rings. The quantitative estimate of drug-likeness (QED) is 0.914. The maximum absolute atomic E-state index is 6.09. The van der Waals surface area contributed by atoms with Crippen LogP contribution in [0.5, 0.6) is 0 Å². The van der Waals surface area contributed by atoms with Crippen molar-refractivity contribution in [2.75, 3.05) is 0 Å². The van der Waals surface area contributed by atoms with Gasteiger partial charge in [-0.3, -0.25) is 0 Å². The van der Waals surface area contributed by atoms with Gasteiger partial charge in [-0.2, -0.15) is 0 Å². The van der Waals surface area contributed by atoms with Crippen LogP contribution in [0.15, 0.2) is 52.5 Å². The average molecular weight is 265 g/mol. The third-order valence-electron chi connectivity index (χ3n) is 2.34. The Labute approximate surface area is 110 Å². The molecular weight excluding hydrogens is 252 g/mol. The molecule has 2 rings (SSSR count). The van der Waals surface area contributed by atoms with Crippen molar-refractivity contribution in [1.82, 2.24) is 4.98 Å². The molecule has 88 valence electrons. The second kappa shape index (κ2) is 5.54. The third kappa shape index (κ3) is 3.00. The summed E-state index contributed by atoms with van der Waals surface area (Å²) in [7, 11) is 0.